The molecule has 0 atom stereocenters. The average Bonchev–Trinajstić information content (AvgIpc) is 3.42. The second kappa shape index (κ2) is 8.49. The topological polar surface area (TPSA) is 59.8 Å². The van der Waals surface area contributed by atoms with Crippen molar-refractivity contribution in [1.82, 2.24) is 20.1 Å². The van der Waals surface area contributed by atoms with Gasteiger partial charge in [0.15, 0.2) is 0 Å². The maximum atomic E-state index is 12.7. The molecule has 0 fully saturated rings. The minimum absolute atomic E-state index is 0.207. The lowest BCUT2D eigenvalue weighted by molar-refractivity contribution is 0.0953. The Morgan fingerprint density at radius 1 is 1.17 bits per heavy atom. The molecule has 0 spiro atoms. The molecule has 0 aliphatic heterocycles. The summed E-state index contributed by atoms with van der Waals surface area (Å²) in [6.45, 7) is 4.33. The van der Waals surface area contributed by atoms with Gasteiger partial charge in [0.05, 0.1) is 32.5 Å². The van der Waals surface area contributed by atoms with Gasteiger partial charge in [-0.1, -0.05) is 29.8 Å². The number of aromatic nitrogens is 3. The molecule has 0 unspecified atom stereocenters. The number of carbonyl (C=O) groups excluding carboxylic acids is 1. The minimum atomic E-state index is -0.207. The summed E-state index contributed by atoms with van der Waals surface area (Å²) in [4.78, 5) is 19.6. The highest BCUT2D eigenvalue weighted by atomic mass is 35.5. The van der Waals surface area contributed by atoms with Crippen LogP contribution >= 0.6 is 34.3 Å². The van der Waals surface area contributed by atoms with Crippen molar-refractivity contribution in [3.63, 3.8) is 0 Å². The molecule has 1 N–H and O–H groups in total. The van der Waals surface area contributed by atoms with Crippen molar-refractivity contribution in [1.29, 1.82) is 0 Å². The number of aryl methyl sites for hydroxylation is 2. The molecule has 1 aromatic carbocycles. The summed E-state index contributed by atoms with van der Waals surface area (Å²) in [5.74, 6) is -0.207. The van der Waals surface area contributed by atoms with E-state index in [4.69, 9.17) is 11.6 Å². The van der Waals surface area contributed by atoms with Crippen molar-refractivity contribution < 1.29 is 4.79 Å². The summed E-state index contributed by atoms with van der Waals surface area (Å²) in [7, 11) is 0. The zero-order valence-electron chi connectivity index (χ0n) is 16.0. The van der Waals surface area contributed by atoms with Crippen LogP contribution in [0.4, 0.5) is 0 Å². The SMILES string of the molecule is Cc1nc(-c2ccc(CCNC(=O)c3c(C)nn(-c4ccccc4)c3Cl)s2)cs1. The van der Waals surface area contributed by atoms with E-state index in [1.807, 2.05) is 37.3 Å². The minimum Gasteiger partial charge on any atom is -0.352 e. The van der Waals surface area contributed by atoms with Gasteiger partial charge in [-0.2, -0.15) is 5.10 Å². The van der Waals surface area contributed by atoms with Gasteiger partial charge in [-0.15, -0.1) is 22.7 Å². The summed E-state index contributed by atoms with van der Waals surface area (Å²) in [6, 6.07) is 13.7. The molecule has 0 aliphatic rings. The number of hydrogen-bond donors (Lipinski definition) is 1. The van der Waals surface area contributed by atoms with E-state index in [1.54, 1.807) is 34.3 Å². The monoisotopic (exact) mass is 442 g/mol. The number of benzene rings is 1. The number of amides is 1. The normalized spacial score (nSPS) is 11.0. The first kappa shape index (κ1) is 19.8. The van der Waals surface area contributed by atoms with Gasteiger partial charge in [0, 0.05) is 16.8 Å². The molecule has 0 bridgehead atoms. The van der Waals surface area contributed by atoms with Gasteiger partial charge >= 0.3 is 0 Å². The van der Waals surface area contributed by atoms with Crippen LogP contribution in [0.25, 0.3) is 16.3 Å². The van der Waals surface area contributed by atoms with Crippen LogP contribution in [-0.2, 0) is 6.42 Å². The first-order valence-corrected chi connectivity index (χ1v) is 11.2. The zero-order chi connectivity index (χ0) is 20.4. The lowest BCUT2D eigenvalue weighted by Gasteiger charge is -2.05. The molecular formula is C21H19ClN4OS2. The highest BCUT2D eigenvalue weighted by molar-refractivity contribution is 7.16. The van der Waals surface area contributed by atoms with Crippen molar-refractivity contribution >= 4 is 40.2 Å². The van der Waals surface area contributed by atoms with Crippen molar-refractivity contribution in [3.05, 3.63) is 74.1 Å². The van der Waals surface area contributed by atoms with Gasteiger partial charge < -0.3 is 5.32 Å². The number of thiophene rings is 1. The lowest BCUT2D eigenvalue weighted by Crippen LogP contribution is -2.26. The van der Waals surface area contributed by atoms with Gasteiger partial charge in [0.2, 0.25) is 0 Å². The average molecular weight is 443 g/mol. The molecule has 1 amide bonds. The van der Waals surface area contributed by atoms with E-state index >= 15 is 0 Å². The van der Waals surface area contributed by atoms with Crippen LogP contribution < -0.4 is 5.32 Å². The Balaban J connectivity index is 1.41. The molecule has 0 saturated heterocycles. The quantitative estimate of drug-likeness (QED) is 0.440. The Morgan fingerprint density at radius 2 is 1.97 bits per heavy atom. The van der Waals surface area contributed by atoms with Crippen molar-refractivity contribution in [2.24, 2.45) is 0 Å². The Morgan fingerprint density at radius 3 is 2.69 bits per heavy atom. The molecular weight excluding hydrogens is 424 g/mol. The van der Waals surface area contributed by atoms with E-state index in [1.165, 1.54) is 4.88 Å². The van der Waals surface area contributed by atoms with Gasteiger partial charge in [0.25, 0.3) is 5.91 Å². The number of nitrogens with zero attached hydrogens (tertiary/aromatic N) is 3. The molecule has 0 radical (unpaired) electrons. The summed E-state index contributed by atoms with van der Waals surface area (Å²) in [5, 5.41) is 10.8. The molecule has 4 rings (SSSR count). The van der Waals surface area contributed by atoms with Crippen LogP contribution in [0.2, 0.25) is 5.15 Å². The van der Waals surface area contributed by atoms with Crippen LogP contribution in [0.1, 0.15) is 25.9 Å². The molecule has 0 aliphatic carbocycles. The first-order chi connectivity index (χ1) is 14.0. The molecule has 3 aromatic heterocycles. The Bertz CT molecular complexity index is 1150. The van der Waals surface area contributed by atoms with Crippen LogP contribution in [-0.4, -0.2) is 27.2 Å². The standard InChI is InChI=1S/C21H19ClN4OS2/c1-13-19(20(22)26(25-13)15-6-4-3-5-7-15)21(27)23-11-10-16-8-9-18(29-16)17-12-28-14(2)24-17/h3-9,12H,10-11H2,1-2H3,(H,23,27). The number of hydrogen-bond acceptors (Lipinski definition) is 5. The number of halogens is 1. The summed E-state index contributed by atoms with van der Waals surface area (Å²) in [6.07, 6.45) is 0.753. The summed E-state index contributed by atoms with van der Waals surface area (Å²) < 4.78 is 1.59. The van der Waals surface area contributed by atoms with Crippen LogP contribution in [0, 0.1) is 13.8 Å². The number of nitrogens with one attached hydrogen (secondary N) is 1. The molecule has 148 valence electrons. The highest BCUT2D eigenvalue weighted by Gasteiger charge is 2.20. The largest absolute Gasteiger partial charge is 0.352 e. The Kier molecular flexibility index (Phi) is 5.80. The van der Waals surface area contributed by atoms with Gasteiger partial charge in [-0.3, -0.25) is 4.79 Å². The first-order valence-electron chi connectivity index (χ1n) is 9.13. The van der Waals surface area contributed by atoms with Crippen LogP contribution in [0.5, 0.6) is 0 Å². The third-order valence-corrected chi connectivity index (χ3v) is 6.71. The van der Waals surface area contributed by atoms with Crippen molar-refractivity contribution in [2.75, 3.05) is 6.54 Å². The summed E-state index contributed by atoms with van der Waals surface area (Å²) in [5.41, 5.74) is 2.86. The Labute approximate surface area is 182 Å². The van der Waals surface area contributed by atoms with Crippen LogP contribution in [0.3, 0.4) is 0 Å². The molecule has 5 nitrogen and oxygen atoms in total. The van der Waals surface area contributed by atoms with E-state index in [2.05, 4.69) is 32.9 Å². The van der Waals surface area contributed by atoms with Crippen LogP contribution in [0.15, 0.2) is 47.8 Å². The third-order valence-electron chi connectivity index (χ3n) is 4.42. The maximum Gasteiger partial charge on any atom is 0.256 e. The predicted molar refractivity (Wildman–Crippen MR) is 120 cm³/mol. The highest BCUT2D eigenvalue weighted by Crippen LogP contribution is 2.29. The smallest absolute Gasteiger partial charge is 0.256 e. The summed E-state index contributed by atoms with van der Waals surface area (Å²) >= 11 is 9.82. The molecule has 29 heavy (non-hydrogen) atoms. The number of carbonyl (C=O) groups is 1. The van der Waals surface area contributed by atoms with Crippen molar-refractivity contribution in [3.8, 4) is 16.3 Å². The fourth-order valence-corrected chi connectivity index (χ4v) is 5.02. The van der Waals surface area contributed by atoms with Crippen molar-refractivity contribution in [2.45, 2.75) is 20.3 Å². The number of rotatable bonds is 6. The van der Waals surface area contributed by atoms with E-state index in [-0.39, 0.29) is 5.91 Å². The maximum absolute atomic E-state index is 12.7. The van der Waals surface area contributed by atoms with E-state index in [9.17, 15) is 4.79 Å². The number of para-hydroxylation sites is 1. The molecule has 0 saturated carbocycles. The molecule has 4 aromatic rings. The van der Waals surface area contributed by atoms with E-state index < -0.39 is 0 Å². The van der Waals surface area contributed by atoms with Gasteiger partial charge in [-0.05, 0) is 44.5 Å². The van der Waals surface area contributed by atoms with Gasteiger partial charge in [-0.25, -0.2) is 9.67 Å². The second-order valence-corrected chi connectivity index (χ2v) is 9.11. The van der Waals surface area contributed by atoms with E-state index in [0.29, 0.717) is 23.0 Å². The second-order valence-electron chi connectivity index (χ2n) is 6.52. The molecule has 3 heterocycles. The Hall–Kier alpha value is -2.48. The lowest BCUT2D eigenvalue weighted by atomic mass is 10.2. The number of thiazole rings is 1. The third kappa shape index (κ3) is 4.27. The fourth-order valence-electron chi connectivity index (χ4n) is 3.01. The molecule has 8 heteroatoms. The van der Waals surface area contributed by atoms with E-state index in [0.717, 1.165) is 27.7 Å². The fraction of sp³-hybridized carbons (Fsp3) is 0.190. The predicted octanol–water partition coefficient (Wildman–Crippen LogP) is 5.30. The van der Waals surface area contributed by atoms with Gasteiger partial charge in [0.1, 0.15) is 5.15 Å². The zero-order valence-corrected chi connectivity index (χ0v) is 18.4.